The molecule has 0 fully saturated rings. The lowest BCUT2D eigenvalue weighted by Crippen LogP contribution is -1.97. The molecule has 0 unspecified atom stereocenters. The van der Waals surface area contributed by atoms with Crippen molar-refractivity contribution < 1.29 is 4.74 Å². The molecule has 1 nitrogen and oxygen atoms in total. The summed E-state index contributed by atoms with van der Waals surface area (Å²) in [5.74, 6) is 0.900. The van der Waals surface area contributed by atoms with Crippen LogP contribution in [0.15, 0.2) is 12.1 Å². The third-order valence-electron chi connectivity index (χ3n) is 1.99. The molecule has 1 aromatic carbocycles. The highest BCUT2D eigenvalue weighted by Crippen LogP contribution is 2.28. The van der Waals surface area contributed by atoms with Crippen LogP contribution >= 0.6 is 11.6 Å². The number of rotatable bonds is 3. The molecule has 0 aliphatic carbocycles. The largest absolute Gasteiger partial charge is 0.493 e. The van der Waals surface area contributed by atoms with Gasteiger partial charge < -0.3 is 4.74 Å². The van der Waals surface area contributed by atoms with E-state index in [0.29, 0.717) is 0 Å². The highest BCUT2D eigenvalue weighted by molar-refractivity contribution is 6.32. The van der Waals surface area contributed by atoms with E-state index in [1.807, 2.05) is 26.0 Å². The summed E-state index contributed by atoms with van der Waals surface area (Å²) >= 11 is 6.08. The SMILES string of the molecule is CCCOc1ccc(C)c(Cl)c1C. The van der Waals surface area contributed by atoms with Gasteiger partial charge in [0.1, 0.15) is 5.75 Å². The van der Waals surface area contributed by atoms with Crippen LogP contribution in [0.5, 0.6) is 5.75 Å². The van der Waals surface area contributed by atoms with Gasteiger partial charge in [0.25, 0.3) is 0 Å². The van der Waals surface area contributed by atoms with Gasteiger partial charge in [0.2, 0.25) is 0 Å². The summed E-state index contributed by atoms with van der Waals surface area (Å²) < 4.78 is 5.54. The van der Waals surface area contributed by atoms with E-state index in [2.05, 4.69) is 6.92 Å². The minimum Gasteiger partial charge on any atom is -0.493 e. The Morgan fingerprint density at radius 1 is 1.31 bits per heavy atom. The Morgan fingerprint density at radius 2 is 2.00 bits per heavy atom. The summed E-state index contributed by atoms with van der Waals surface area (Å²) in [6.07, 6.45) is 1.02. The number of ether oxygens (including phenoxy) is 1. The van der Waals surface area contributed by atoms with Crippen molar-refractivity contribution in [1.29, 1.82) is 0 Å². The average molecular weight is 199 g/mol. The Bertz CT molecular complexity index is 294. The van der Waals surface area contributed by atoms with Gasteiger partial charge >= 0.3 is 0 Å². The van der Waals surface area contributed by atoms with Crippen LogP contribution in [0.3, 0.4) is 0 Å². The van der Waals surface area contributed by atoms with Crippen molar-refractivity contribution in [3.05, 3.63) is 28.3 Å². The second-order valence-electron chi connectivity index (χ2n) is 3.17. The number of aryl methyl sites for hydroxylation is 1. The molecule has 0 saturated carbocycles. The number of benzene rings is 1. The highest BCUT2D eigenvalue weighted by atomic mass is 35.5. The predicted molar refractivity (Wildman–Crippen MR) is 56.7 cm³/mol. The fourth-order valence-electron chi connectivity index (χ4n) is 1.17. The van der Waals surface area contributed by atoms with Gasteiger partial charge in [0.15, 0.2) is 0 Å². The molecule has 13 heavy (non-hydrogen) atoms. The van der Waals surface area contributed by atoms with Crippen molar-refractivity contribution in [2.45, 2.75) is 27.2 Å². The Balaban J connectivity index is 2.90. The van der Waals surface area contributed by atoms with Gasteiger partial charge in [-0.25, -0.2) is 0 Å². The smallest absolute Gasteiger partial charge is 0.123 e. The van der Waals surface area contributed by atoms with E-state index in [1.54, 1.807) is 0 Å². The van der Waals surface area contributed by atoms with Crippen molar-refractivity contribution in [2.24, 2.45) is 0 Å². The first kappa shape index (κ1) is 10.4. The zero-order valence-electron chi connectivity index (χ0n) is 8.36. The molecule has 0 spiro atoms. The molecule has 72 valence electrons. The third kappa shape index (κ3) is 2.38. The van der Waals surface area contributed by atoms with E-state index < -0.39 is 0 Å². The normalized spacial score (nSPS) is 10.2. The van der Waals surface area contributed by atoms with E-state index in [9.17, 15) is 0 Å². The van der Waals surface area contributed by atoms with E-state index in [-0.39, 0.29) is 0 Å². The molecular formula is C11H15ClO. The van der Waals surface area contributed by atoms with Crippen molar-refractivity contribution in [2.75, 3.05) is 6.61 Å². The maximum Gasteiger partial charge on any atom is 0.123 e. The van der Waals surface area contributed by atoms with Gasteiger partial charge in [-0.15, -0.1) is 0 Å². The van der Waals surface area contributed by atoms with E-state index in [0.717, 1.165) is 34.9 Å². The van der Waals surface area contributed by atoms with Crippen LogP contribution in [0.2, 0.25) is 5.02 Å². The minimum absolute atomic E-state index is 0.750. The molecule has 1 rings (SSSR count). The molecule has 1 aromatic rings. The molecule has 0 heterocycles. The lowest BCUT2D eigenvalue weighted by Gasteiger charge is -2.10. The number of hydrogen-bond acceptors (Lipinski definition) is 1. The standard InChI is InChI=1S/C11H15ClO/c1-4-7-13-10-6-5-8(2)11(12)9(10)3/h5-6H,4,7H2,1-3H3. The van der Waals surface area contributed by atoms with Crippen LogP contribution in [0.25, 0.3) is 0 Å². The van der Waals surface area contributed by atoms with Gasteiger partial charge in [-0.05, 0) is 31.9 Å². The predicted octanol–water partition coefficient (Wildman–Crippen LogP) is 3.75. The van der Waals surface area contributed by atoms with Gasteiger partial charge in [0, 0.05) is 5.56 Å². The quantitative estimate of drug-likeness (QED) is 0.719. The van der Waals surface area contributed by atoms with Crippen molar-refractivity contribution in [3.63, 3.8) is 0 Å². The van der Waals surface area contributed by atoms with Crippen LogP contribution in [0, 0.1) is 13.8 Å². The monoisotopic (exact) mass is 198 g/mol. The maximum atomic E-state index is 6.08. The average Bonchev–Trinajstić information content (AvgIpc) is 2.13. The summed E-state index contributed by atoms with van der Waals surface area (Å²) in [4.78, 5) is 0. The third-order valence-corrected chi connectivity index (χ3v) is 2.57. The Kier molecular flexibility index (Phi) is 3.61. The highest BCUT2D eigenvalue weighted by Gasteiger charge is 2.05. The van der Waals surface area contributed by atoms with Gasteiger partial charge in [-0.1, -0.05) is 24.6 Å². The molecule has 2 heteroatoms. The summed E-state index contributed by atoms with van der Waals surface area (Å²) in [7, 11) is 0. The molecule has 0 atom stereocenters. The van der Waals surface area contributed by atoms with Crippen LogP contribution in [0.4, 0.5) is 0 Å². The zero-order valence-corrected chi connectivity index (χ0v) is 9.11. The number of hydrogen-bond donors (Lipinski definition) is 0. The lowest BCUT2D eigenvalue weighted by molar-refractivity contribution is 0.315. The fraction of sp³-hybridized carbons (Fsp3) is 0.455. The molecule has 0 amide bonds. The van der Waals surface area contributed by atoms with Crippen molar-refractivity contribution >= 4 is 11.6 Å². The minimum atomic E-state index is 0.750. The van der Waals surface area contributed by atoms with E-state index >= 15 is 0 Å². The fourth-order valence-corrected chi connectivity index (χ4v) is 1.33. The van der Waals surface area contributed by atoms with Crippen molar-refractivity contribution in [3.8, 4) is 5.75 Å². The molecule has 0 aliphatic rings. The van der Waals surface area contributed by atoms with Gasteiger partial charge in [-0.2, -0.15) is 0 Å². The summed E-state index contributed by atoms with van der Waals surface area (Å²) in [6.45, 7) is 6.82. The van der Waals surface area contributed by atoms with Gasteiger partial charge in [0.05, 0.1) is 11.6 Å². The first-order chi connectivity index (χ1) is 6.16. The first-order valence-electron chi connectivity index (χ1n) is 4.55. The zero-order chi connectivity index (χ0) is 9.84. The van der Waals surface area contributed by atoms with E-state index in [4.69, 9.17) is 16.3 Å². The van der Waals surface area contributed by atoms with E-state index in [1.165, 1.54) is 0 Å². The summed E-state index contributed by atoms with van der Waals surface area (Å²) in [5.41, 5.74) is 2.14. The van der Waals surface area contributed by atoms with Gasteiger partial charge in [-0.3, -0.25) is 0 Å². The van der Waals surface area contributed by atoms with Crippen molar-refractivity contribution in [1.82, 2.24) is 0 Å². The Morgan fingerprint density at radius 3 is 2.62 bits per heavy atom. The molecule has 0 saturated heterocycles. The lowest BCUT2D eigenvalue weighted by atomic mass is 10.1. The Labute approximate surface area is 84.7 Å². The summed E-state index contributed by atoms with van der Waals surface area (Å²) in [5, 5.41) is 0.814. The molecule has 0 radical (unpaired) electrons. The van der Waals surface area contributed by atoms with Crippen LogP contribution < -0.4 is 4.74 Å². The van der Waals surface area contributed by atoms with Crippen LogP contribution in [0.1, 0.15) is 24.5 Å². The first-order valence-corrected chi connectivity index (χ1v) is 4.93. The number of halogens is 1. The second kappa shape index (κ2) is 4.52. The molecular weight excluding hydrogens is 184 g/mol. The second-order valence-corrected chi connectivity index (χ2v) is 3.55. The maximum absolute atomic E-state index is 6.08. The summed E-state index contributed by atoms with van der Waals surface area (Å²) in [6, 6.07) is 3.96. The topological polar surface area (TPSA) is 9.23 Å². The van der Waals surface area contributed by atoms with Crippen LogP contribution in [-0.2, 0) is 0 Å². The molecule has 0 aromatic heterocycles. The van der Waals surface area contributed by atoms with Crippen LogP contribution in [-0.4, -0.2) is 6.61 Å². The Hall–Kier alpha value is -0.690. The molecule has 0 bridgehead atoms. The molecule has 0 aliphatic heterocycles. The molecule has 0 N–H and O–H groups in total.